The van der Waals surface area contributed by atoms with Crippen LogP contribution in [0.15, 0.2) is 30.3 Å². The second kappa shape index (κ2) is 9.16. The molecule has 148 valence electrons. The van der Waals surface area contributed by atoms with Gasteiger partial charge in [0.2, 0.25) is 5.91 Å². The summed E-state index contributed by atoms with van der Waals surface area (Å²) in [7, 11) is 0. The molecule has 6 N–H and O–H groups in total. The molecule has 2 aliphatic rings. The molecule has 8 heteroatoms. The molecule has 8 nitrogen and oxygen atoms in total. The smallest absolute Gasteiger partial charge is 0.312 e. The molecule has 0 aromatic heterocycles. The van der Waals surface area contributed by atoms with Crippen LogP contribution in [0.5, 0.6) is 0 Å². The number of nitrogens with zero attached hydrogens (tertiary/aromatic N) is 1. The van der Waals surface area contributed by atoms with Crippen LogP contribution >= 0.6 is 0 Å². The van der Waals surface area contributed by atoms with E-state index < -0.39 is 12.1 Å². The standard InChI is InChI=1S/C19H29N5O3/c20-16(7-4-8-22-19(21)26)18(25)23-14-9-15-12-27-17(11-24(15)10-14)13-5-2-1-3-6-13/h1-3,5-6,14-17H,4,7-12,20H2,(H,23,25)(H3,21,22,26)/t14-,15+,16+,17-/m1/s1. The molecule has 3 rings (SSSR count). The van der Waals surface area contributed by atoms with E-state index in [0.29, 0.717) is 32.0 Å². The van der Waals surface area contributed by atoms with Crippen molar-refractivity contribution >= 4 is 11.9 Å². The Balaban J connectivity index is 1.42. The Hall–Kier alpha value is -2.16. The van der Waals surface area contributed by atoms with Gasteiger partial charge in [0.05, 0.1) is 18.8 Å². The van der Waals surface area contributed by atoms with E-state index in [0.717, 1.165) is 19.5 Å². The number of nitrogens with one attached hydrogen (secondary N) is 2. The number of hydrogen-bond donors (Lipinski definition) is 4. The topological polar surface area (TPSA) is 123 Å². The molecule has 3 amide bonds. The quantitative estimate of drug-likeness (QED) is 0.503. The predicted octanol–water partition coefficient (Wildman–Crippen LogP) is 0.0928. The highest BCUT2D eigenvalue weighted by Crippen LogP contribution is 2.30. The second-order valence-corrected chi connectivity index (χ2v) is 7.32. The van der Waals surface area contributed by atoms with Gasteiger partial charge in [0.15, 0.2) is 0 Å². The molecule has 2 heterocycles. The highest BCUT2D eigenvalue weighted by Gasteiger charge is 2.38. The van der Waals surface area contributed by atoms with Crippen molar-refractivity contribution in [3.05, 3.63) is 35.9 Å². The molecule has 1 aromatic carbocycles. The molecule has 0 unspecified atom stereocenters. The fourth-order valence-corrected chi connectivity index (χ4v) is 3.82. The molecule has 0 saturated carbocycles. The van der Waals surface area contributed by atoms with Crippen LogP contribution in [0.2, 0.25) is 0 Å². The zero-order valence-corrected chi connectivity index (χ0v) is 15.5. The molecule has 27 heavy (non-hydrogen) atoms. The van der Waals surface area contributed by atoms with E-state index in [-0.39, 0.29) is 18.1 Å². The van der Waals surface area contributed by atoms with Crippen molar-refractivity contribution in [2.24, 2.45) is 11.5 Å². The zero-order valence-electron chi connectivity index (χ0n) is 15.5. The summed E-state index contributed by atoms with van der Waals surface area (Å²) in [5.41, 5.74) is 12.2. The van der Waals surface area contributed by atoms with Gasteiger partial charge >= 0.3 is 6.03 Å². The number of morpholine rings is 1. The number of carbonyl (C=O) groups excluding carboxylic acids is 2. The summed E-state index contributed by atoms with van der Waals surface area (Å²) in [5, 5.41) is 5.56. The highest BCUT2D eigenvalue weighted by molar-refractivity contribution is 5.81. The molecule has 2 saturated heterocycles. The third-order valence-corrected chi connectivity index (χ3v) is 5.26. The van der Waals surface area contributed by atoms with Crippen LogP contribution in [0, 0.1) is 0 Å². The monoisotopic (exact) mass is 375 g/mol. The summed E-state index contributed by atoms with van der Waals surface area (Å²) in [6.45, 7) is 2.76. The number of nitrogens with two attached hydrogens (primary N) is 2. The third kappa shape index (κ3) is 5.41. The lowest BCUT2D eigenvalue weighted by Crippen LogP contribution is -2.47. The SMILES string of the molecule is NC(=O)NCCC[C@H](N)C(=O)N[C@@H]1C[C@H]2CO[C@@H](c3ccccc3)CN2C1. The number of carbonyl (C=O) groups is 2. The number of hydrogen-bond acceptors (Lipinski definition) is 5. The Bertz CT molecular complexity index is 641. The van der Waals surface area contributed by atoms with E-state index >= 15 is 0 Å². The van der Waals surface area contributed by atoms with Crippen molar-refractivity contribution < 1.29 is 14.3 Å². The van der Waals surface area contributed by atoms with E-state index in [1.807, 2.05) is 18.2 Å². The van der Waals surface area contributed by atoms with Crippen molar-refractivity contribution in [3.63, 3.8) is 0 Å². The molecule has 0 aliphatic carbocycles. The fourth-order valence-electron chi connectivity index (χ4n) is 3.82. The lowest BCUT2D eigenvalue weighted by Gasteiger charge is -2.35. The van der Waals surface area contributed by atoms with E-state index in [1.165, 1.54) is 5.56 Å². The van der Waals surface area contributed by atoms with Gasteiger partial charge in [-0.25, -0.2) is 4.79 Å². The Labute approximate surface area is 159 Å². The average molecular weight is 375 g/mol. The van der Waals surface area contributed by atoms with Crippen LogP contribution in [-0.4, -0.2) is 61.2 Å². The van der Waals surface area contributed by atoms with Gasteiger partial charge < -0.3 is 26.8 Å². The summed E-state index contributed by atoms with van der Waals surface area (Å²) in [6.07, 6.45) is 2.08. The predicted molar refractivity (Wildman–Crippen MR) is 102 cm³/mol. The Morgan fingerprint density at radius 3 is 2.78 bits per heavy atom. The number of fused-ring (bicyclic) bond motifs is 1. The maximum Gasteiger partial charge on any atom is 0.312 e. The highest BCUT2D eigenvalue weighted by atomic mass is 16.5. The van der Waals surface area contributed by atoms with Crippen LogP contribution in [-0.2, 0) is 9.53 Å². The fraction of sp³-hybridized carbons (Fsp3) is 0.579. The molecule has 0 spiro atoms. The Morgan fingerprint density at radius 1 is 1.26 bits per heavy atom. The van der Waals surface area contributed by atoms with Crippen LogP contribution in [0.1, 0.15) is 30.9 Å². The van der Waals surface area contributed by atoms with Gasteiger partial charge in [-0.15, -0.1) is 0 Å². The van der Waals surface area contributed by atoms with Crippen molar-refractivity contribution in [2.75, 3.05) is 26.2 Å². The van der Waals surface area contributed by atoms with Crippen LogP contribution in [0.4, 0.5) is 4.79 Å². The van der Waals surface area contributed by atoms with E-state index in [4.69, 9.17) is 16.2 Å². The van der Waals surface area contributed by atoms with Crippen molar-refractivity contribution in [2.45, 2.75) is 43.5 Å². The number of rotatable bonds is 7. The average Bonchev–Trinajstić information content (AvgIpc) is 3.06. The zero-order chi connectivity index (χ0) is 19.2. The van der Waals surface area contributed by atoms with Crippen molar-refractivity contribution in [1.29, 1.82) is 0 Å². The molecular formula is C19H29N5O3. The van der Waals surface area contributed by atoms with Gasteiger partial charge in [-0.1, -0.05) is 30.3 Å². The maximum atomic E-state index is 12.3. The summed E-state index contributed by atoms with van der Waals surface area (Å²) >= 11 is 0. The van der Waals surface area contributed by atoms with Gasteiger partial charge in [-0.05, 0) is 24.8 Å². The van der Waals surface area contributed by atoms with Gasteiger partial charge in [-0.3, -0.25) is 9.69 Å². The molecule has 0 radical (unpaired) electrons. The molecule has 4 atom stereocenters. The normalized spacial score (nSPS) is 26.2. The van der Waals surface area contributed by atoms with E-state index in [9.17, 15) is 9.59 Å². The number of primary amides is 1. The van der Waals surface area contributed by atoms with E-state index in [1.54, 1.807) is 0 Å². The number of urea groups is 1. The minimum atomic E-state index is -0.578. The second-order valence-electron chi connectivity index (χ2n) is 7.32. The Kier molecular flexibility index (Phi) is 6.65. The largest absolute Gasteiger partial charge is 0.371 e. The van der Waals surface area contributed by atoms with Gasteiger partial charge in [0, 0.05) is 31.7 Å². The number of benzene rings is 1. The molecule has 2 aliphatic heterocycles. The molecule has 1 aromatic rings. The lowest BCUT2D eigenvalue weighted by atomic mass is 10.1. The molecular weight excluding hydrogens is 346 g/mol. The first kappa shape index (κ1) is 19.6. The van der Waals surface area contributed by atoms with Crippen molar-refractivity contribution in [3.8, 4) is 0 Å². The van der Waals surface area contributed by atoms with E-state index in [2.05, 4.69) is 27.7 Å². The summed E-state index contributed by atoms with van der Waals surface area (Å²) in [5.74, 6) is -0.139. The maximum absolute atomic E-state index is 12.3. The van der Waals surface area contributed by atoms with Gasteiger partial charge in [0.25, 0.3) is 0 Å². The van der Waals surface area contributed by atoms with Gasteiger partial charge in [0.1, 0.15) is 0 Å². The molecule has 2 fully saturated rings. The van der Waals surface area contributed by atoms with Crippen LogP contribution in [0.3, 0.4) is 0 Å². The number of ether oxygens (including phenoxy) is 1. The minimum Gasteiger partial charge on any atom is -0.371 e. The summed E-state index contributed by atoms with van der Waals surface area (Å²) in [6, 6.07) is 9.53. The number of amides is 3. The first-order valence-electron chi connectivity index (χ1n) is 9.53. The Morgan fingerprint density at radius 2 is 2.04 bits per heavy atom. The first-order chi connectivity index (χ1) is 13.0. The van der Waals surface area contributed by atoms with Gasteiger partial charge in [-0.2, -0.15) is 0 Å². The van der Waals surface area contributed by atoms with Crippen LogP contribution < -0.4 is 22.1 Å². The molecule has 0 bridgehead atoms. The third-order valence-electron chi connectivity index (χ3n) is 5.26. The summed E-state index contributed by atoms with van der Waals surface area (Å²) in [4.78, 5) is 25.3. The minimum absolute atomic E-state index is 0.0805. The summed E-state index contributed by atoms with van der Waals surface area (Å²) < 4.78 is 6.04. The van der Waals surface area contributed by atoms with Crippen molar-refractivity contribution in [1.82, 2.24) is 15.5 Å². The van der Waals surface area contributed by atoms with Crippen LogP contribution in [0.25, 0.3) is 0 Å². The first-order valence-corrected chi connectivity index (χ1v) is 9.53. The lowest BCUT2D eigenvalue weighted by molar-refractivity contribution is -0.123.